The van der Waals surface area contributed by atoms with Crippen molar-refractivity contribution in [2.24, 2.45) is 0 Å². The number of benzene rings is 1. The summed E-state index contributed by atoms with van der Waals surface area (Å²) >= 11 is 1.59. The lowest BCUT2D eigenvalue weighted by Crippen LogP contribution is -2.39. The van der Waals surface area contributed by atoms with Crippen molar-refractivity contribution < 1.29 is 19.1 Å². The maximum Gasteiger partial charge on any atom is 0.407 e. The Labute approximate surface area is 146 Å². The molecule has 1 N–H and O–H groups in total. The first kappa shape index (κ1) is 18.4. The highest BCUT2D eigenvalue weighted by Gasteiger charge is 2.32. The average Bonchev–Trinajstić information content (AvgIpc) is 2.87. The van der Waals surface area contributed by atoms with E-state index in [1.54, 1.807) is 23.8 Å². The van der Waals surface area contributed by atoms with Crippen molar-refractivity contribution in [3.8, 4) is 5.75 Å². The van der Waals surface area contributed by atoms with E-state index in [2.05, 4.69) is 5.32 Å². The number of carbonyl (C=O) groups excluding carboxylic acids is 2. The summed E-state index contributed by atoms with van der Waals surface area (Å²) in [4.78, 5) is 25.6. The Bertz CT molecular complexity index is 583. The number of methoxy groups -OCH3 is 1. The zero-order chi connectivity index (χ0) is 17.7. The second kappa shape index (κ2) is 7.79. The van der Waals surface area contributed by atoms with E-state index in [0.29, 0.717) is 18.8 Å². The van der Waals surface area contributed by atoms with Crippen LogP contribution in [0.15, 0.2) is 24.3 Å². The molecule has 0 spiro atoms. The zero-order valence-corrected chi connectivity index (χ0v) is 15.3. The molecular weight excluding hydrogens is 328 g/mol. The first-order chi connectivity index (χ1) is 11.3. The largest absolute Gasteiger partial charge is 0.497 e. The zero-order valence-electron chi connectivity index (χ0n) is 14.5. The van der Waals surface area contributed by atoms with Crippen molar-refractivity contribution in [2.75, 3.05) is 26.0 Å². The Balaban J connectivity index is 1.92. The molecule has 7 heteroatoms. The van der Waals surface area contributed by atoms with E-state index in [-0.39, 0.29) is 11.3 Å². The lowest BCUT2D eigenvalue weighted by atomic mass is 10.2. The van der Waals surface area contributed by atoms with Gasteiger partial charge in [-0.3, -0.25) is 4.79 Å². The van der Waals surface area contributed by atoms with Gasteiger partial charge in [-0.05, 0) is 38.5 Å². The number of alkyl carbamates (subject to hydrolysis) is 1. The second-order valence-corrected chi connectivity index (χ2v) is 7.52. The van der Waals surface area contributed by atoms with Crippen LogP contribution in [0, 0.1) is 0 Å². The fourth-order valence-electron chi connectivity index (χ4n) is 2.33. The van der Waals surface area contributed by atoms with Crippen LogP contribution in [0.2, 0.25) is 0 Å². The number of nitrogens with one attached hydrogen (secondary N) is 1. The molecule has 1 aromatic rings. The summed E-state index contributed by atoms with van der Waals surface area (Å²) in [6.45, 7) is 6.24. The number of ether oxygens (including phenoxy) is 2. The van der Waals surface area contributed by atoms with Gasteiger partial charge in [0.25, 0.3) is 0 Å². The van der Waals surface area contributed by atoms with Crippen LogP contribution in [0.3, 0.4) is 0 Å². The van der Waals surface area contributed by atoms with Gasteiger partial charge < -0.3 is 19.7 Å². The molecule has 2 amide bonds. The first-order valence-corrected chi connectivity index (χ1v) is 8.87. The molecule has 6 nitrogen and oxygen atoms in total. The van der Waals surface area contributed by atoms with Crippen molar-refractivity contribution in [3.05, 3.63) is 29.8 Å². The van der Waals surface area contributed by atoms with E-state index in [9.17, 15) is 9.59 Å². The smallest absolute Gasteiger partial charge is 0.407 e. The van der Waals surface area contributed by atoms with Gasteiger partial charge >= 0.3 is 6.09 Å². The van der Waals surface area contributed by atoms with Gasteiger partial charge in [-0.15, -0.1) is 11.8 Å². The maximum absolute atomic E-state index is 12.1. The van der Waals surface area contributed by atoms with Crippen molar-refractivity contribution in [1.29, 1.82) is 0 Å². The standard InChI is InChI=1S/C17H24N2O4S/c1-17(2,3)23-16(21)18-9-10-19-14(20)11-24-15(19)12-5-7-13(22-4)8-6-12/h5-8,15H,9-11H2,1-4H3,(H,18,21). The molecule has 24 heavy (non-hydrogen) atoms. The summed E-state index contributed by atoms with van der Waals surface area (Å²) in [6.07, 6.45) is -0.470. The first-order valence-electron chi connectivity index (χ1n) is 7.82. The van der Waals surface area contributed by atoms with Gasteiger partial charge in [0, 0.05) is 13.1 Å². The number of carbonyl (C=O) groups is 2. The van der Waals surface area contributed by atoms with Gasteiger partial charge in [0.2, 0.25) is 5.91 Å². The number of nitrogens with zero attached hydrogens (tertiary/aromatic N) is 1. The molecule has 1 atom stereocenters. The van der Waals surface area contributed by atoms with Crippen LogP contribution < -0.4 is 10.1 Å². The Kier molecular flexibility index (Phi) is 5.99. The SMILES string of the molecule is COc1ccc(C2SCC(=O)N2CCNC(=O)OC(C)(C)C)cc1. The Morgan fingerprint density at radius 2 is 2.00 bits per heavy atom. The summed E-state index contributed by atoms with van der Waals surface area (Å²) in [6, 6.07) is 7.69. The average molecular weight is 352 g/mol. The molecular formula is C17H24N2O4S. The van der Waals surface area contributed by atoms with E-state index in [0.717, 1.165) is 11.3 Å². The summed E-state index contributed by atoms with van der Waals surface area (Å²) in [7, 11) is 1.62. The van der Waals surface area contributed by atoms with Crippen molar-refractivity contribution in [2.45, 2.75) is 31.7 Å². The van der Waals surface area contributed by atoms with E-state index in [1.807, 2.05) is 45.0 Å². The van der Waals surface area contributed by atoms with Crippen LogP contribution in [0.25, 0.3) is 0 Å². The minimum Gasteiger partial charge on any atom is -0.497 e. The number of hydrogen-bond donors (Lipinski definition) is 1. The van der Waals surface area contributed by atoms with Gasteiger partial charge in [-0.2, -0.15) is 0 Å². The molecule has 1 heterocycles. The molecule has 1 aliphatic rings. The monoisotopic (exact) mass is 352 g/mol. The predicted octanol–water partition coefficient (Wildman–Crippen LogP) is 2.79. The highest BCUT2D eigenvalue weighted by atomic mass is 32.2. The molecule has 132 valence electrons. The number of thioether (sulfide) groups is 1. The molecule has 1 saturated heterocycles. The third kappa shape index (κ3) is 5.06. The van der Waals surface area contributed by atoms with Crippen LogP contribution >= 0.6 is 11.8 Å². The van der Waals surface area contributed by atoms with Crippen molar-refractivity contribution in [3.63, 3.8) is 0 Å². The third-order valence-corrected chi connectivity index (χ3v) is 4.65. The molecule has 1 unspecified atom stereocenters. The quantitative estimate of drug-likeness (QED) is 0.882. The van der Waals surface area contributed by atoms with Crippen molar-refractivity contribution >= 4 is 23.8 Å². The second-order valence-electron chi connectivity index (χ2n) is 6.45. The predicted molar refractivity (Wildman–Crippen MR) is 94.1 cm³/mol. The normalized spacial score (nSPS) is 17.8. The summed E-state index contributed by atoms with van der Waals surface area (Å²) < 4.78 is 10.4. The molecule has 1 fully saturated rings. The molecule has 0 aromatic heterocycles. The highest BCUT2D eigenvalue weighted by molar-refractivity contribution is 8.00. The molecule has 1 aliphatic heterocycles. The topological polar surface area (TPSA) is 67.9 Å². The van der Waals surface area contributed by atoms with E-state index in [4.69, 9.17) is 9.47 Å². The van der Waals surface area contributed by atoms with Crippen LogP contribution in [-0.4, -0.2) is 48.5 Å². The van der Waals surface area contributed by atoms with Crippen LogP contribution in [0.1, 0.15) is 31.7 Å². The number of rotatable bonds is 5. The summed E-state index contributed by atoms with van der Waals surface area (Å²) in [5, 5.41) is 2.65. The van der Waals surface area contributed by atoms with Crippen molar-refractivity contribution in [1.82, 2.24) is 10.2 Å². The molecule has 0 aliphatic carbocycles. The fourth-order valence-corrected chi connectivity index (χ4v) is 3.55. The van der Waals surface area contributed by atoms with Crippen LogP contribution in [-0.2, 0) is 9.53 Å². The Hall–Kier alpha value is -1.89. The van der Waals surface area contributed by atoms with Crippen LogP contribution in [0.4, 0.5) is 4.79 Å². The number of amides is 2. The maximum atomic E-state index is 12.1. The van der Waals surface area contributed by atoms with Gasteiger partial charge in [-0.25, -0.2) is 4.79 Å². The van der Waals surface area contributed by atoms with E-state index >= 15 is 0 Å². The lowest BCUT2D eigenvalue weighted by molar-refractivity contribution is -0.128. The molecule has 2 rings (SSSR count). The summed E-state index contributed by atoms with van der Waals surface area (Å²) in [5.74, 6) is 1.31. The molecule has 0 saturated carbocycles. The third-order valence-electron chi connectivity index (χ3n) is 3.39. The van der Waals surface area contributed by atoms with Gasteiger partial charge in [-0.1, -0.05) is 12.1 Å². The molecule has 0 bridgehead atoms. The fraction of sp³-hybridized carbons (Fsp3) is 0.529. The minimum absolute atomic E-state index is 0.0381. The van der Waals surface area contributed by atoms with Crippen LogP contribution in [0.5, 0.6) is 5.75 Å². The Morgan fingerprint density at radius 1 is 1.33 bits per heavy atom. The van der Waals surface area contributed by atoms with E-state index < -0.39 is 11.7 Å². The summed E-state index contributed by atoms with van der Waals surface area (Å²) in [5.41, 5.74) is 0.513. The van der Waals surface area contributed by atoms with Gasteiger partial charge in [0.15, 0.2) is 0 Å². The lowest BCUT2D eigenvalue weighted by Gasteiger charge is -2.25. The molecule has 0 radical (unpaired) electrons. The Morgan fingerprint density at radius 3 is 2.58 bits per heavy atom. The number of hydrogen-bond acceptors (Lipinski definition) is 5. The van der Waals surface area contributed by atoms with Gasteiger partial charge in [0.1, 0.15) is 16.7 Å². The van der Waals surface area contributed by atoms with Gasteiger partial charge in [0.05, 0.1) is 12.9 Å². The minimum atomic E-state index is -0.533. The highest BCUT2D eigenvalue weighted by Crippen LogP contribution is 2.38. The van der Waals surface area contributed by atoms with E-state index in [1.165, 1.54) is 0 Å². The molecule has 1 aromatic carbocycles.